The van der Waals surface area contributed by atoms with Crippen LogP contribution in [-0.4, -0.2) is 25.6 Å². The number of halogens is 1. The lowest BCUT2D eigenvalue weighted by molar-refractivity contribution is 0.393. The van der Waals surface area contributed by atoms with Gasteiger partial charge < -0.3 is 16.4 Å². The van der Waals surface area contributed by atoms with Crippen molar-refractivity contribution in [1.29, 1.82) is 0 Å². The van der Waals surface area contributed by atoms with Crippen LogP contribution in [0.5, 0.6) is 0 Å². The van der Waals surface area contributed by atoms with Gasteiger partial charge in [0.05, 0.1) is 0 Å². The van der Waals surface area contributed by atoms with E-state index in [1.807, 2.05) is 13.8 Å². The van der Waals surface area contributed by atoms with Crippen LogP contribution in [0.3, 0.4) is 0 Å². The molecule has 1 aromatic carbocycles. The summed E-state index contributed by atoms with van der Waals surface area (Å²) in [5, 5.41) is 6.15. The van der Waals surface area contributed by atoms with E-state index in [0.29, 0.717) is 31.3 Å². The van der Waals surface area contributed by atoms with Crippen LogP contribution in [0.25, 0.3) is 0 Å². The highest BCUT2D eigenvalue weighted by atomic mass is 19.1. The molecule has 0 aliphatic heterocycles. The van der Waals surface area contributed by atoms with Crippen molar-refractivity contribution in [2.75, 3.05) is 25.0 Å². The van der Waals surface area contributed by atoms with Crippen molar-refractivity contribution in [1.82, 2.24) is 5.32 Å². The van der Waals surface area contributed by atoms with Crippen molar-refractivity contribution in [2.24, 2.45) is 16.1 Å². The standard InChI is InChI=1S/C15H23FN4/c1-4-8-18-14(19-11-15(2,3)10-17)20-13-7-5-6-12(16)9-13/h4-7,9H,1,8,10-11,17H2,2-3H3,(H2,18,19,20). The van der Waals surface area contributed by atoms with Crippen molar-refractivity contribution in [2.45, 2.75) is 13.8 Å². The van der Waals surface area contributed by atoms with E-state index in [9.17, 15) is 4.39 Å². The number of guanidine groups is 1. The first-order chi connectivity index (χ1) is 9.46. The Balaban J connectivity index is 2.78. The molecule has 0 saturated carbocycles. The Bertz CT molecular complexity index is 469. The Hall–Kier alpha value is -1.88. The molecule has 0 saturated heterocycles. The van der Waals surface area contributed by atoms with Crippen molar-refractivity contribution in [3.63, 3.8) is 0 Å². The molecule has 20 heavy (non-hydrogen) atoms. The van der Waals surface area contributed by atoms with Crippen LogP contribution >= 0.6 is 0 Å². The molecule has 0 spiro atoms. The van der Waals surface area contributed by atoms with Crippen molar-refractivity contribution in [3.05, 3.63) is 42.7 Å². The zero-order valence-electron chi connectivity index (χ0n) is 12.1. The summed E-state index contributed by atoms with van der Waals surface area (Å²) in [6, 6.07) is 6.24. The molecule has 5 heteroatoms. The average Bonchev–Trinajstić information content (AvgIpc) is 2.42. The topological polar surface area (TPSA) is 62.4 Å². The van der Waals surface area contributed by atoms with Gasteiger partial charge in [-0.05, 0) is 30.2 Å². The van der Waals surface area contributed by atoms with Crippen LogP contribution in [0.15, 0.2) is 41.9 Å². The summed E-state index contributed by atoms with van der Waals surface area (Å²) in [5.41, 5.74) is 6.25. The van der Waals surface area contributed by atoms with Gasteiger partial charge in [-0.1, -0.05) is 26.0 Å². The molecule has 4 nitrogen and oxygen atoms in total. The molecule has 0 fully saturated rings. The maximum absolute atomic E-state index is 13.2. The third-order valence-corrected chi connectivity index (χ3v) is 2.72. The summed E-state index contributed by atoms with van der Waals surface area (Å²) in [5.74, 6) is 0.289. The molecular formula is C15H23FN4. The largest absolute Gasteiger partial charge is 0.353 e. The second-order valence-electron chi connectivity index (χ2n) is 5.34. The summed E-state index contributed by atoms with van der Waals surface area (Å²) in [7, 11) is 0. The van der Waals surface area contributed by atoms with E-state index in [1.165, 1.54) is 12.1 Å². The maximum atomic E-state index is 13.2. The van der Waals surface area contributed by atoms with E-state index in [4.69, 9.17) is 5.73 Å². The summed E-state index contributed by atoms with van der Waals surface area (Å²) < 4.78 is 13.2. The lowest BCUT2D eigenvalue weighted by atomic mass is 9.94. The second-order valence-corrected chi connectivity index (χ2v) is 5.34. The molecule has 0 atom stereocenters. The van der Waals surface area contributed by atoms with Crippen LogP contribution in [0.4, 0.5) is 10.1 Å². The molecule has 0 heterocycles. The first-order valence-corrected chi connectivity index (χ1v) is 6.59. The Kier molecular flexibility index (Phi) is 6.18. The van der Waals surface area contributed by atoms with Gasteiger partial charge in [-0.2, -0.15) is 0 Å². The third kappa shape index (κ3) is 5.84. The number of aliphatic imine (C=N–C) groups is 1. The second kappa shape index (κ2) is 7.65. The smallest absolute Gasteiger partial charge is 0.196 e. The molecule has 0 aromatic heterocycles. The molecule has 1 aromatic rings. The van der Waals surface area contributed by atoms with Crippen LogP contribution in [-0.2, 0) is 0 Å². The highest BCUT2D eigenvalue weighted by molar-refractivity contribution is 5.93. The maximum Gasteiger partial charge on any atom is 0.196 e. The molecule has 1 rings (SSSR count). The van der Waals surface area contributed by atoms with Gasteiger partial charge in [0.25, 0.3) is 0 Å². The summed E-state index contributed by atoms with van der Waals surface area (Å²) >= 11 is 0. The predicted molar refractivity (Wildman–Crippen MR) is 83.4 cm³/mol. The van der Waals surface area contributed by atoms with E-state index < -0.39 is 0 Å². The molecule has 4 N–H and O–H groups in total. The van der Waals surface area contributed by atoms with Crippen molar-refractivity contribution >= 4 is 11.6 Å². The van der Waals surface area contributed by atoms with Crippen LogP contribution in [0.2, 0.25) is 0 Å². The Morgan fingerprint density at radius 3 is 2.85 bits per heavy atom. The molecule has 0 aliphatic carbocycles. The van der Waals surface area contributed by atoms with Crippen LogP contribution in [0, 0.1) is 11.2 Å². The van der Waals surface area contributed by atoms with Gasteiger partial charge in [0.2, 0.25) is 0 Å². The lowest BCUT2D eigenvalue weighted by Gasteiger charge is -2.20. The van der Waals surface area contributed by atoms with Gasteiger partial charge in [-0.3, -0.25) is 4.99 Å². The zero-order chi connectivity index (χ0) is 15.0. The summed E-state index contributed by atoms with van der Waals surface area (Å²) in [4.78, 5) is 4.47. The normalized spacial score (nSPS) is 12.1. The van der Waals surface area contributed by atoms with Crippen molar-refractivity contribution < 1.29 is 4.39 Å². The van der Waals surface area contributed by atoms with Gasteiger partial charge in [-0.15, -0.1) is 6.58 Å². The Morgan fingerprint density at radius 1 is 1.50 bits per heavy atom. The van der Waals surface area contributed by atoms with E-state index in [0.717, 1.165) is 0 Å². The fraction of sp³-hybridized carbons (Fsp3) is 0.400. The number of nitrogens with one attached hydrogen (secondary N) is 2. The lowest BCUT2D eigenvalue weighted by Crippen LogP contribution is -2.34. The minimum atomic E-state index is -0.291. The quantitative estimate of drug-likeness (QED) is 0.425. The number of hydrogen-bond acceptors (Lipinski definition) is 2. The number of benzene rings is 1. The van der Waals surface area contributed by atoms with E-state index in [2.05, 4.69) is 22.2 Å². The van der Waals surface area contributed by atoms with Gasteiger partial charge in [0, 0.05) is 18.8 Å². The highest BCUT2D eigenvalue weighted by Crippen LogP contribution is 2.13. The SMILES string of the molecule is C=CCNC(=NCC(C)(C)CN)Nc1cccc(F)c1. The number of nitrogens with zero attached hydrogens (tertiary/aromatic N) is 1. The van der Waals surface area contributed by atoms with Crippen LogP contribution < -0.4 is 16.4 Å². The first-order valence-electron chi connectivity index (χ1n) is 6.59. The number of rotatable bonds is 6. The van der Waals surface area contributed by atoms with Crippen molar-refractivity contribution in [3.8, 4) is 0 Å². The minimum absolute atomic E-state index is 0.0786. The predicted octanol–water partition coefficient (Wildman–Crippen LogP) is 2.35. The third-order valence-electron chi connectivity index (χ3n) is 2.72. The molecule has 110 valence electrons. The number of anilines is 1. The number of nitrogens with two attached hydrogens (primary N) is 1. The molecular weight excluding hydrogens is 255 g/mol. The number of hydrogen-bond donors (Lipinski definition) is 3. The van der Waals surface area contributed by atoms with Gasteiger partial charge >= 0.3 is 0 Å². The van der Waals surface area contributed by atoms with E-state index in [1.54, 1.807) is 18.2 Å². The average molecular weight is 278 g/mol. The molecule has 0 radical (unpaired) electrons. The molecule has 0 unspecified atom stereocenters. The molecule has 0 aliphatic rings. The molecule has 0 bridgehead atoms. The Morgan fingerprint density at radius 2 is 2.25 bits per heavy atom. The Labute approximate surface area is 120 Å². The van der Waals surface area contributed by atoms with Gasteiger partial charge in [0.1, 0.15) is 5.82 Å². The van der Waals surface area contributed by atoms with Crippen LogP contribution in [0.1, 0.15) is 13.8 Å². The van der Waals surface area contributed by atoms with Gasteiger partial charge in [-0.25, -0.2) is 4.39 Å². The fourth-order valence-electron chi connectivity index (χ4n) is 1.37. The van der Waals surface area contributed by atoms with E-state index in [-0.39, 0.29) is 11.2 Å². The fourth-order valence-corrected chi connectivity index (χ4v) is 1.37. The van der Waals surface area contributed by atoms with E-state index >= 15 is 0 Å². The minimum Gasteiger partial charge on any atom is -0.353 e. The summed E-state index contributed by atoms with van der Waals surface area (Å²) in [6.07, 6.45) is 1.73. The molecule has 0 amide bonds. The first kappa shape index (κ1) is 16.2. The van der Waals surface area contributed by atoms with Gasteiger partial charge in [0.15, 0.2) is 5.96 Å². The monoisotopic (exact) mass is 278 g/mol. The highest BCUT2D eigenvalue weighted by Gasteiger charge is 2.15. The zero-order valence-corrected chi connectivity index (χ0v) is 12.1. The summed E-state index contributed by atoms with van der Waals surface area (Å²) in [6.45, 7) is 9.44.